The Morgan fingerprint density at radius 1 is 1.17 bits per heavy atom. The first-order valence-electron chi connectivity index (χ1n) is 8.98. The first kappa shape index (κ1) is 20.2. The minimum absolute atomic E-state index is 0.00216. The van der Waals surface area contributed by atoms with Crippen LogP contribution >= 0.6 is 0 Å². The lowest BCUT2D eigenvalue weighted by Crippen LogP contribution is -2.37. The molecular weight excluding hydrogens is 380 g/mol. The molecule has 1 aliphatic rings. The molecule has 1 aromatic carbocycles. The topological polar surface area (TPSA) is 121 Å². The zero-order valence-corrected chi connectivity index (χ0v) is 16.4. The van der Waals surface area contributed by atoms with Gasteiger partial charge in [-0.1, -0.05) is 0 Å². The van der Waals surface area contributed by atoms with Gasteiger partial charge in [0.05, 0.1) is 12.1 Å². The smallest absolute Gasteiger partial charge is 0.325 e. The lowest BCUT2D eigenvalue weighted by Gasteiger charge is -2.19. The fourth-order valence-corrected chi connectivity index (χ4v) is 2.86. The predicted molar refractivity (Wildman–Crippen MR) is 102 cm³/mol. The minimum Gasteiger partial charge on any atom is -0.486 e. The average Bonchev–Trinajstić information content (AvgIpc) is 2.92. The van der Waals surface area contributed by atoms with Crippen molar-refractivity contribution in [2.45, 2.75) is 20.3 Å². The highest BCUT2D eigenvalue weighted by Gasteiger charge is 2.17. The Kier molecular flexibility index (Phi) is 6.01. The van der Waals surface area contributed by atoms with Gasteiger partial charge in [-0.15, -0.1) is 0 Å². The van der Waals surface area contributed by atoms with Gasteiger partial charge in [0.2, 0.25) is 0 Å². The second-order valence-corrected chi connectivity index (χ2v) is 6.47. The molecule has 0 bridgehead atoms. The van der Waals surface area contributed by atoms with Crippen molar-refractivity contribution in [2.24, 2.45) is 7.05 Å². The van der Waals surface area contributed by atoms with Crippen molar-refractivity contribution < 1.29 is 28.6 Å². The number of rotatable bonds is 5. The molecule has 3 rings (SSSR count). The second kappa shape index (κ2) is 8.63. The lowest BCUT2D eigenvalue weighted by atomic mass is 10.1. The number of carbonyl (C=O) groups excluding carboxylic acids is 3. The highest BCUT2D eigenvalue weighted by atomic mass is 16.6. The number of nitrogens with zero attached hydrogens (tertiary/aromatic N) is 2. The van der Waals surface area contributed by atoms with E-state index in [0.29, 0.717) is 30.4 Å². The Morgan fingerprint density at radius 2 is 1.90 bits per heavy atom. The second-order valence-electron chi connectivity index (χ2n) is 6.47. The average molecular weight is 402 g/mol. The minimum atomic E-state index is -0.748. The molecule has 0 saturated carbocycles. The van der Waals surface area contributed by atoms with E-state index in [1.807, 2.05) is 6.92 Å². The van der Waals surface area contributed by atoms with Crippen LogP contribution in [0.1, 0.15) is 17.0 Å². The summed E-state index contributed by atoms with van der Waals surface area (Å²) in [6, 6.07) is 4.13. The number of esters is 1. The largest absolute Gasteiger partial charge is 0.486 e. The number of hydrogen-bond donors (Lipinski definition) is 2. The summed E-state index contributed by atoms with van der Waals surface area (Å²) < 4.78 is 17.5. The van der Waals surface area contributed by atoms with Crippen molar-refractivity contribution >= 4 is 23.6 Å². The molecule has 1 aromatic heterocycles. The summed E-state index contributed by atoms with van der Waals surface area (Å²) in [7, 11) is 1.78. The molecule has 1 aliphatic heterocycles. The third-order valence-electron chi connectivity index (χ3n) is 4.40. The maximum Gasteiger partial charge on any atom is 0.325 e. The van der Waals surface area contributed by atoms with Gasteiger partial charge in [-0.05, 0) is 26.0 Å². The molecule has 154 valence electrons. The van der Waals surface area contributed by atoms with E-state index in [1.54, 1.807) is 36.9 Å². The van der Waals surface area contributed by atoms with Gasteiger partial charge in [-0.2, -0.15) is 5.10 Å². The molecule has 2 N–H and O–H groups in total. The standard InChI is InChI=1S/C19H22N4O6/c1-11-14(12(2)23(3)22-11)9-18(25)29-10-17(24)21-19(26)20-13-4-5-15-16(8-13)28-7-6-27-15/h4-5,8H,6-7,9-10H2,1-3H3,(H2,20,21,24,26). The number of nitrogens with one attached hydrogen (secondary N) is 2. The number of ether oxygens (including phenoxy) is 3. The zero-order chi connectivity index (χ0) is 21.0. The number of benzene rings is 1. The van der Waals surface area contributed by atoms with E-state index in [9.17, 15) is 14.4 Å². The Balaban J connectivity index is 1.45. The van der Waals surface area contributed by atoms with E-state index < -0.39 is 24.5 Å². The normalized spacial score (nSPS) is 12.2. The summed E-state index contributed by atoms with van der Waals surface area (Å²) in [5.74, 6) is -0.223. The fourth-order valence-electron chi connectivity index (χ4n) is 2.86. The van der Waals surface area contributed by atoms with E-state index >= 15 is 0 Å². The van der Waals surface area contributed by atoms with Gasteiger partial charge in [-0.3, -0.25) is 19.6 Å². The van der Waals surface area contributed by atoms with E-state index in [4.69, 9.17) is 14.2 Å². The molecule has 0 unspecified atom stereocenters. The number of amides is 3. The number of imide groups is 1. The van der Waals surface area contributed by atoms with Gasteiger partial charge in [0.25, 0.3) is 5.91 Å². The molecule has 2 aromatic rings. The lowest BCUT2D eigenvalue weighted by molar-refractivity contribution is -0.147. The first-order valence-corrected chi connectivity index (χ1v) is 8.98. The molecule has 0 spiro atoms. The Bertz CT molecular complexity index is 952. The molecule has 0 fully saturated rings. The SMILES string of the molecule is Cc1nn(C)c(C)c1CC(=O)OCC(=O)NC(=O)Nc1ccc2c(c1)OCCO2. The van der Waals surface area contributed by atoms with Crippen LogP contribution in [0.5, 0.6) is 11.5 Å². The Hall–Kier alpha value is -3.56. The van der Waals surface area contributed by atoms with Crippen LogP contribution in [0.4, 0.5) is 10.5 Å². The molecule has 29 heavy (non-hydrogen) atoms. The van der Waals surface area contributed by atoms with Crippen molar-refractivity contribution in [1.29, 1.82) is 0 Å². The van der Waals surface area contributed by atoms with Crippen LogP contribution in [0.3, 0.4) is 0 Å². The van der Waals surface area contributed by atoms with Crippen LogP contribution in [0, 0.1) is 13.8 Å². The van der Waals surface area contributed by atoms with Crippen LogP contribution in [0.25, 0.3) is 0 Å². The summed E-state index contributed by atoms with van der Waals surface area (Å²) in [4.78, 5) is 35.8. The summed E-state index contributed by atoms with van der Waals surface area (Å²) in [5, 5.41) is 8.83. The maximum absolute atomic E-state index is 12.0. The molecule has 2 heterocycles. The van der Waals surface area contributed by atoms with Gasteiger partial charge < -0.3 is 19.5 Å². The van der Waals surface area contributed by atoms with E-state index in [0.717, 1.165) is 17.0 Å². The van der Waals surface area contributed by atoms with Gasteiger partial charge in [0, 0.05) is 30.1 Å². The van der Waals surface area contributed by atoms with Gasteiger partial charge >= 0.3 is 12.0 Å². The number of fused-ring (bicyclic) bond motifs is 1. The van der Waals surface area contributed by atoms with Crippen molar-refractivity contribution in [3.8, 4) is 11.5 Å². The van der Waals surface area contributed by atoms with Gasteiger partial charge in [-0.25, -0.2) is 4.79 Å². The molecule has 0 radical (unpaired) electrons. The highest BCUT2D eigenvalue weighted by molar-refractivity contribution is 6.02. The molecule has 0 saturated heterocycles. The number of carbonyl (C=O) groups is 3. The van der Waals surface area contributed by atoms with Gasteiger partial charge in [0.15, 0.2) is 18.1 Å². The quantitative estimate of drug-likeness (QED) is 0.722. The van der Waals surface area contributed by atoms with Crippen LogP contribution < -0.4 is 20.1 Å². The number of hydrogen-bond acceptors (Lipinski definition) is 7. The fraction of sp³-hybridized carbons (Fsp3) is 0.368. The van der Waals surface area contributed by atoms with Crippen LogP contribution in [-0.4, -0.2) is 47.5 Å². The zero-order valence-electron chi connectivity index (χ0n) is 16.4. The third-order valence-corrected chi connectivity index (χ3v) is 4.40. The molecule has 0 aliphatic carbocycles. The number of aromatic nitrogens is 2. The first-order chi connectivity index (χ1) is 13.8. The molecule has 10 heteroatoms. The van der Waals surface area contributed by atoms with E-state index in [2.05, 4.69) is 15.7 Å². The van der Waals surface area contributed by atoms with E-state index in [-0.39, 0.29) is 6.42 Å². The third kappa shape index (κ3) is 5.03. The van der Waals surface area contributed by atoms with Crippen LogP contribution in [-0.2, 0) is 27.8 Å². The number of aryl methyl sites for hydroxylation is 2. The van der Waals surface area contributed by atoms with Crippen molar-refractivity contribution in [3.63, 3.8) is 0 Å². The van der Waals surface area contributed by atoms with Gasteiger partial charge in [0.1, 0.15) is 13.2 Å². The predicted octanol–water partition coefficient (Wildman–Crippen LogP) is 1.24. The molecule has 3 amide bonds. The molecule has 10 nitrogen and oxygen atoms in total. The number of urea groups is 1. The van der Waals surface area contributed by atoms with Crippen molar-refractivity contribution in [1.82, 2.24) is 15.1 Å². The molecule has 0 atom stereocenters. The van der Waals surface area contributed by atoms with Crippen LogP contribution in [0.2, 0.25) is 0 Å². The van der Waals surface area contributed by atoms with Crippen molar-refractivity contribution in [2.75, 3.05) is 25.1 Å². The van der Waals surface area contributed by atoms with Crippen LogP contribution in [0.15, 0.2) is 18.2 Å². The Morgan fingerprint density at radius 3 is 2.59 bits per heavy atom. The maximum atomic E-state index is 12.0. The van der Waals surface area contributed by atoms with E-state index in [1.165, 1.54) is 0 Å². The monoisotopic (exact) mass is 402 g/mol. The number of anilines is 1. The summed E-state index contributed by atoms with van der Waals surface area (Å²) in [6.45, 7) is 3.96. The highest BCUT2D eigenvalue weighted by Crippen LogP contribution is 2.32. The summed E-state index contributed by atoms with van der Waals surface area (Å²) >= 11 is 0. The Labute approximate surface area is 167 Å². The summed E-state index contributed by atoms with van der Waals surface area (Å²) in [5.41, 5.74) is 2.77. The van der Waals surface area contributed by atoms with Crippen molar-refractivity contribution in [3.05, 3.63) is 35.2 Å². The molecular formula is C19H22N4O6. The summed E-state index contributed by atoms with van der Waals surface area (Å²) in [6.07, 6.45) is 0.00216.